The largest absolute Gasteiger partial charge is 0.487 e. The topological polar surface area (TPSA) is 163 Å². The summed E-state index contributed by atoms with van der Waals surface area (Å²) in [5.74, 6) is -2.14. The van der Waals surface area contributed by atoms with Gasteiger partial charge in [-0.05, 0) is 57.2 Å². The third kappa shape index (κ3) is 5.34. The zero-order valence-electron chi connectivity index (χ0n) is 21.3. The van der Waals surface area contributed by atoms with Crippen molar-refractivity contribution in [2.45, 2.75) is 102 Å². The molecule has 10 heteroatoms. The number of carboxylic acid groups (broad SMARTS) is 2. The molecule has 3 aliphatic rings. The first-order valence-corrected chi connectivity index (χ1v) is 12.8. The Bertz CT molecular complexity index is 1060. The van der Waals surface area contributed by atoms with Crippen molar-refractivity contribution in [1.82, 2.24) is 0 Å². The van der Waals surface area contributed by atoms with Crippen molar-refractivity contribution in [3.8, 4) is 11.5 Å². The summed E-state index contributed by atoms with van der Waals surface area (Å²) in [4.78, 5) is 23.4. The van der Waals surface area contributed by atoms with Crippen LogP contribution in [-0.2, 0) is 20.7 Å². The van der Waals surface area contributed by atoms with Crippen molar-refractivity contribution in [2.75, 3.05) is 0 Å². The number of fused-ring (bicyclic) bond motifs is 3. The fraction of sp³-hybridized carbons (Fsp3) is 0.630. The Morgan fingerprint density at radius 2 is 1.81 bits per heavy atom. The minimum Gasteiger partial charge on any atom is -0.487 e. The summed E-state index contributed by atoms with van der Waals surface area (Å²) in [6.07, 6.45) is -2.36. The maximum absolute atomic E-state index is 11.8. The van der Waals surface area contributed by atoms with E-state index in [0.29, 0.717) is 29.7 Å². The highest BCUT2D eigenvalue weighted by molar-refractivity contribution is 5.87. The van der Waals surface area contributed by atoms with Gasteiger partial charge in [0.2, 0.25) is 6.29 Å². The lowest BCUT2D eigenvalue weighted by molar-refractivity contribution is -0.271. The molecule has 1 saturated heterocycles. The quantitative estimate of drug-likeness (QED) is 0.322. The maximum Gasteiger partial charge on any atom is 0.335 e. The van der Waals surface area contributed by atoms with Gasteiger partial charge in [0.25, 0.3) is 0 Å². The Labute approximate surface area is 215 Å². The van der Waals surface area contributed by atoms with E-state index in [2.05, 4.69) is 6.92 Å². The Hall–Kier alpha value is -2.66. The van der Waals surface area contributed by atoms with Gasteiger partial charge in [-0.15, -0.1) is 0 Å². The smallest absolute Gasteiger partial charge is 0.335 e. The van der Waals surface area contributed by atoms with Crippen LogP contribution in [0.4, 0.5) is 0 Å². The van der Waals surface area contributed by atoms with E-state index in [4.69, 9.17) is 14.2 Å². The number of benzene rings is 1. The second kappa shape index (κ2) is 10.6. The third-order valence-corrected chi connectivity index (χ3v) is 7.70. The van der Waals surface area contributed by atoms with Gasteiger partial charge < -0.3 is 39.7 Å². The van der Waals surface area contributed by atoms with Crippen LogP contribution in [0.3, 0.4) is 0 Å². The minimum atomic E-state index is -1.84. The normalized spacial score (nSPS) is 32.4. The van der Waals surface area contributed by atoms with Crippen molar-refractivity contribution >= 4 is 11.9 Å². The number of rotatable bonds is 8. The number of aliphatic carboxylic acids is 2. The monoisotopic (exact) mass is 520 g/mol. The van der Waals surface area contributed by atoms with E-state index in [1.807, 2.05) is 19.9 Å². The zero-order valence-corrected chi connectivity index (χ0v) is 21.3. The van der Waals surface area contributed by atoms with Gasteiger partial charge in [-0.1, -0.05) is 25.8 Å². The number of hydrogen-bond acceptors (Lipinski definition) is 8. The number of unbranched alkanes of at least 4 members (excludes halogenated alkanes) is 2. The number of carboxylic acids is 2. The fourth-order valence-electron chi connectivity index (χ4n) is 5.67. The highest BCUT2D eigenvalue weighted by atomic mass is 16.7. The first-order chi connectivity index (χ1) is 17.4. The molecule has 0 amide bonds. The highest BCUT2D eigenvalue weighted by Crippen LogP contribution is 2.54. The predicted molar refractivity (Wildman–Crippen MR) is 131 cm³/mol. The molecule has 0 radical (unpaired) electrons. The average Bonchev–Trinajstić information content (AvgIpc) is 2.83. The molecule has 0 aromatic heterocycles. The summed E-state index contributed by atoms with van der Waals surface area (Å²) in [6, 6.07) is 3.70. The molecule has 0 bridgehead atoms. The van der Waals surface area contributed by atoms with Crippen LogP contribution in [0.1, 0.15) is 69.9 Å². The molecule has 1 aliphatic carbocycles. The Morgan fingerprint density at radius 1 is 1.08 bits per heavy atom. The van der Waals surface area contributed by atoms with Crippen molar-refractivity contribution in [3.63, 3.8) is 0 Å². The lowest BCUT2D eigenvalue weighted by Gasteiger charge is -2.47. The molecule has 7 atom stereocenters. The molecule has 37 heavy (non-hydrogen) atoms. The Kier molecular flexibility index (Phi) is 7.85. The first kappa shape index (κ1) is 27.4. The molecule has 2 aliphatic heterocycles. The summed E-state index contributed by atoms with van der Waals surface area (Å²) < 4.78 is 17.9. The number of carbonyl (C=O) groups is 2. The minimum absolute atomic E-state index is 0.0623. The molecule has 4 rings (SSSR count). The van der Waals surface area contributed by atoms with Crippen molar-refractivity contribution in [3.05, 3.63) is 34.9 Å². The summed E-state index contributed by atoms with van der Waals surface area (Å²) in [5, 5.41) is 50.0. The number of allylic oxidation sites excluding steroid dienone is 1. The summed E-state index contributed by atoms with van der Waals surface area (Å²) >= 11 is 0. The zero-order chi connectivity index (χ0) is 27.1. The fourth-order valence-corrected chi connectivity index (χ4v) is 5.67. The summed E-state index contributed by atoms with van der Waals surface area (Å²) in [5.41, 5.74) is 1.19. The Balaban J connectivity index is 1.79. The molecule has 1 fully saturated rings. The van der Waals surface area contributed by atoms with E-state index in [9.17, 15) is 35.1 Å². The first-order valence-electron chi connectivity index (χ1n) is 12.8. The van der Waals surface area contributed by atoms with Crippen LogP contribution in [-0.4, -0.2) is 73.8 Å². The number of aliphatic hydroxyl groups excluding tert-OH is 3. The molecule has 2 heterocycles. The number of aryl methyl sites for hydroxylation is 1. The standard InChI is InChI=1S/C27H36O10/c1-4-5-6-7-13-10-17(35-26-22(30)20(28)21(29)23(36-26)25(33)34)19-15-12-14(24(31)32)8-9-16(15)27(2,3)37-18(19)11-13/h10-12,15-16,20-23,26,28-30H,4-9H2,1-3H3,(H,31,32)(H,33,34)/t15-,16-,20?,21+,22?,23+,26-/m1/s1. The molecular weight excluding hydrogens is 484 g/mol. The van der Waals surface area contributed by atoms with E-state index in [1.54, 1.807) is 12.1 Å². The second-order valence-electron chi connectivity index (χ2n) is 10.7. The summed E-state index contributed by atoms with van der Waals surface area (Å²) in [6.45, 7) is 6.05. The van der Waals surface area contributed by atoms with E-state index in [0.717, 1.165) is 31.2 Å². The predicted octanol–water partition coefficient (Wildman–Crippen LogP) is 2.37. The van der Waals surface area contributed by atoms with Gasteiger partial charge in [0.15, 0.2) is 6.10 Å². The van der Waals surface area contributed by atoms with Crippen molar-refractivity contribution < 1.29 is 49.3 Å². The van der Waals surface area contributed by atoms with Gasteiger partial charge >= 0.3 is 11.9 Å². The molecule has 204 valence electrons. The van der Waals surface area contributed by atoms with E-state index >= 15 is 0 Å². The molecular formula is C27H36O10. The maximum atomic E-state index is 11.8. The lowest BCUT2D eigenvalue weighted by atomic mass is 9.67. The molecule has 1 aromatic carbocycles. The molecule has 0 spiro atoms. The SMILES string of the molecule is CCCCCc1cc(O[C@@H]2O[C@H](C(=O)O)[C@@H](O)C(O)C2O)c2c(c1)OC(C)(C)[C@@H]1CCC(C(=O)O)=C[C@@H]21. The summed E-state index contributed by atoms with van der Waals surface area (Å²) in [7, 11) is 0. The number of aliphatic hydroxyl groups is 3. The van der Waals surface area contributed by atoms with Crippen molar-refractivity contribution in [1.29, 1.82) is 0 Å². The van der Waals surface area contributed by atoms with Crippen molar-refractivity contribution in [2.24, 2.45) is 5.92 Å². The van der Waals surface area contributed by atoms with Gasteiger partial charge in [0, 0.05) is 23.0 Å². The number of ether oxygens (including phenoxy) is 3. The number of hydrogen-bond donors (Lipinski definition) is 5. The van der Waals surface area contributed by atoms with Gasteiger partial charge in [0.05, 0.1) is 0 Å². The van der Waals surface area contributed by atoms with E-state index < -0.39 is 48.2 Å². The highest BCUT2D eigenvalue weighted by Gasteiger charge is 2.50. The molecule has 2 unspecified atom stereocenters. The average molecular weight is 521 g/mol. The molecule has 1 aromatic rings. The van der Waals surface area contributed by atoms with E-state index in [1.165, 1.54) is 0 Å². The molecule has 0 saturated carbocycles. The molecule has 5 N–H and O–H groups in total. The molecule has 10 nitrogen and oxygen atoms in total. The van der Waals surface area contributed by atoms with Crippen LogP contribution in [0.2, 0.25) is 0 Å². The van der Waals surface area contributed by atoms with Crippen LogP contribution in [0.25, 0.3) is 0 Å². The van der Waals surface area contributed by atoms with Gasteiger partial charge in [-0.2, -0.15) is 0 Å². The van der Waals surface area contributed by atoms with Crippen LogP contribution in [0, 0.1) is 5.92 Å². The third-order valence-electron chi connectivity index (χ3n) is 7.70. The lowest BCUT2D eigenvalue weighted by Crippen LogP contribution is -2.61. The van der Waals surface area contributed by atoms with Crippen LogP contribution < -0.4 is 9.47 Å². The second-order valence-corrected chi connectivity index (χ2v) is 10.7. The van der Waals surface area contributed by atoms with Crippen LogP contribution in [0.5, 0.6) is 11.5 Å². The van der Waals surface area contributed by atoms with Gasteiger partial charge in [-0.25, -0.2) is 9.59 Å². The van der Waals surface area contributed by atoms with Gasteiger partial charge in [0.1, 0.15) is 35.4 Å². The van der Waals surface area contributed by atoms with Gasteiger partial charge in [-0.3, -0.25) is 0 Å². The van der Waals surface area contributed by atoms with E-state index in [-0.39, 0.29) is 17.6 Å². The Morgan fingerprint density at radius 3 is 2.46 bits per heavy atom. The van der Waals surface area contributed by atoms with Crippen LogP contribution >= 0.6 is 0 Å². The van der Waals surface area contributed by atoms with Crippen LogP contribution in [0.15, 0.2) is 23.8 Å².